The van der Waals surface area contributed by atoms with E-state index in [-0.39, 0.29) is 31.3 Å². The van der Waals surface area contributed by atoms with Crippen LogP contribution in [0.5, 0.6) is 0 Å². The SMILES string of the molecule is CCC(C)C(NC(=O)OC)C(=O)NN(Cc1ccc(-c2cncs2)cc1)CC(O)C(Cc1ccccc1)NC(=O)C(NC(=O)OC)C(C)C. The fraction of sp³-hybridized carbons (Fsp3) is 0.457. The Morgan fingerprint density at radius 3 is 2.04 bits per heavy atom. The molecular weight excluding hydrogens is 648 g/mol. The van der Waals surface area contributed by atoms with Crippen LogP contribution < -0.4 is 21.4 Å². The molecule has 4 amide bonds. The average Bonchev–Trinajstić information content (AvgIpc) is 3.64. The molecule has 2 aromatic carbocycles. The molecule has 3 aromatic rings. The van der Waals surface area contributed by atoms with E-state index in [4.69, 9.17) is 9.47 Å². The van der Waals surface area contributed by atoms with E-state index in [0.717, 1.165) is 21.6 Å². The van der Waals surface area contributed by atoms with E-state index in [2.05, 4.69) is 26.4 Å². The molecule has 49 heavy (non-hydrogen) atoms. The molecule has 0 fully saturated rings. The van der Waals surface area contributed by atoms with Gasteiger partial charge in [-0.15, -0.1) is 11.3 Å². The van der Waals surface area contributed by atoms with Gasteiger partial charge >= 0.3 is 12.2 Å². The Morgan fingerprint density at radius 2 is 1.49 bits per heavy atom. The highest BCUT2D eigenvalue weighted by molar-refractivity contribution is 7.13. The van der Waals surface area contributed by atoms with Crippen LogP contribution in [0.15, 0.2) is 66.3 Å². The topological polar surface area (TPSA) is 171 Å². The fourth-order valence-corrected chi connectivity index (χ4v) is 5.74. The number of carbonyl (C=O) groups excluding carboxylic acids is 4. The molecule has 13 nitrogen and oxygen atoms in total. The molecule has 0 spiro atoms. The Kier molecular flexibility index (Phi) is 15.5. The van der Waals surface area contributed by atoms with Gasteiger partial charge in [-0.2, -0.15) is 0 Å². The summed E-state index contributed by atoms with van der Waals surface area (Å²) in [4.78, 5) is 56.5. The molecule has 1 aromatic heterocycles. The van der Waals surface area contributed by atoms with Gasteiger partial charge in [0.15, 0.2) is 0 Å². The lowest BCUT2D eigenvalue weighted by molar-refractivity contribution is -0.131. The van der Waals surface area contributed by atoms with Crippen molar-refractivity contribution >= 4 is 35.3 Å². The van der Waals surface area contributed by atoms with Crippen molar-refractivity contribution in [3.05, 3.63) is 77.4 Å². The van der Waals surface area contributed by atoms with E-state index in [1.807, 2.05) is 68.4 Å². The number of rotatable bonds is 17. The number of hydrogen-bond donors (Lipinski definition) is 5. The number of hydrazine groups is 1. The van der Waals surface area contributed by atoms with Gasteiger partial charge in [-0.05, 0) is 34.9 Å². The minimum absolute atomic E-state index is 0.0949. The van der Waals surface area contributed by atoms with Crippen molar-refractivity contribution in [2.45, 2.75) is 71.3 Å². The van der Waals surface area contributed by atoms with Gasteiger partial charge in [-0.25, -0.2) is 14.6 Å². The second kappa shape index (κ2) is 19.5. The first-order valence-corrected chi connectivity index (χ1v) is 17.1. The van der Waals surface area contributed by atoms with Crippen molar-refractivity contribution in [2.75, 3.05) is 20.8 Å². The summed E-state index contributed by atoms with van der Waals surface area (Å²) in [6.45, 7) is 7.43. The molecule has 14 heteroatoms. The lowest BCUT2D eigenvalue weighted by atomic mass is 9.98. The number of nitrogens with zero attached hydrogens (tertiary/aromatic N) is 2. The number of aliphatic hydroxyl groups excluding tert-OH is 1. The van der Waals surface area contributed by atoms with E-state index < -0.39 is 48.2 Å². The molecule has 5 N–H and O–H groups in total. The molecule has 0 aliphatic carbocycles. The van der Waals surface area contributed by atoms with Crippen molar-refractivity contribution in [2.24, 2.45) is 11.8 Å². The number of carbonyl (C=O) groups is 4. The average molecular weight is 697 g/mol. The number of hydrogen-bond acceptors (Lipinski definition) is 10. The van der Waals surface area contributed by atoms with Crippen LogP contribution in [0, 0.1) is 11.8 Å². The van der Waals surface area contributed by atoms with Crippen LogP contribution in [-0.2, 0) is 32.0 Å². The van der Waals surface area contributed by atoms with Crippen LogP contribution in [0.3, 0.4) is 0 Å². The van der Waals surface area contributed by atoms with Crippen molar-refractivity contribution in [3.8, 4) is 10.4 Å². The quantitative estimate of drug-likeness (QED) is 0.131. The maximum atomic E-state index is 13.7. The van der Waals surface area contributed by atoms with Gasteiger partial charge in [-0.1, -0.05) is 88.7 Å². The summed E-state index contributed by atoms with van der Waals surface area (Å²) in [5.74, 6) is -1.49. The molecule has 0 aliphatic heterocycles. The third-order valence-corrected chi connectivity index (χ3v) is 8.99. The minimum Gasteiger partial charge on any atom is -0.453 e. The first kappa shape index (κ1) is 38.9. The Bertz CT molecular complexity index is 1470. The van der Waals surface area contributed by atoms with Crippen LogP contribution >= 0.6 is 11.3 Å². The zero-order valence-electron chi connectivity index (χ0n) is 28.8. The molecular formula is C35H48N6O7S. The normalized spacial score (nSPS) is 14.2. The standard InChI is InChI=1S/C35H48N6O7S/c1-7-23(4)31(39-35(46)48-6)33(44)40-41(19-25-13-15-26(16-14-25)29-18-36-21-49-29)20-28(42)27(17-24-11-9-8-10-12-24)37-32(43)30(22(2)3)38-34(45)47-5/h8-16,18,21-23,27-28,30-31,42H,7,17,19-20H2,1-6H3,(H,37,43)(H,38,45)(H,39,46)(H,40,44). The molecule has 3 rings (SSSR count). The number of ether oxygens (including phenoxy) is 2. The van der Waals surface area contributed by atoms with Crippen molar-refractivity contribution < 1.29 is 33.8 Å². The largest absolute Gasteiger partial charge is 0.453 e. The third kappa shape index (κ3) is 12.1. The maximum Gasteiger partial charge on any atom is 0.407 e. The summed E-state index contributed by atoms with van der Waals surface area (Å²) in [6, 6.07) is 14.5. The van der Waals surface area contributed by atoms with E-state index >= 15 is 0 Å². The van der Waals surface area contributed by atoms with Crippen LogP contribution in [-0.4, -0.2) is 84.1 Å². The molecule has 5 atom stereocenters. The Hall–Kier alpha value is -4.53. The second-order valence-corrected chi connectivity index (χ2v) is 13.0. The molecule has 0 aliphatic rings. The summed E-state index contributed by atoms with van der Waals surface area (Å²) in [5, 5.41) is 21.4. The highest BCUT2D eigenvalue weighted by Gasteiger charge is 2.32. The molecule has 1 heterocycles. The predicted molar refractivity (Wildman–Crippen MR) is 187 cm³/mol. The van der Waals surface area contributed by atoms with Gasteiger partial charge in [0, 0.05) is 19.3 Å². The van der Waals surface area contributed by atoms with Crippen LogP contribution in [0.25, 0.3) is 10.4 Å². The maximum absolute atomic E-state index is 13.7. The van der Waals surface area contributed by atoms with Gasteiger partial charge < -0.3 is 30.5 Å². The summed E-state index contributed by atoms with van der Waals surface area (Å²) >= 11 is 1.52. The van der Waals surface area contributed by atoms with Gasteiger partial charge in [0.05, 0.1) is 36.8 Å². The summed E-state index contributed by atoms with van der Waals surface area (Å²) in [7, 11) is 2.44. The Labute approximate surface area is 291 Å². The predicted octanol–water partition coefficient (Wildman–Crippen LogP) is 3.88. The minimum atomic E-state index is -1.19. The molecule has 0 radical (unpaired) electrons. The van der Waals surface area contributed by atoms with Crippen molar-refractivity contribution in [3.63, 3.8) is 0 Å². The van der Waals surface area contributed by atoms with Gasteiger partial charge in [0.1, 0.15) is 12.1 Å². The van der Waals surface area contributed by atoms with Crippen LogP contribution in [0.2, 0.25) is 0 Å². The molecule has 5 unspecified atom stereocenters. The number of nitrogens with one attached hydrogen (secondary N) is 4. The van der Waals surface area contributed by atoms with Crippen LogP contribution in [0.4, 0.5) is 9.59 Å². The zero-order chi connectivity index (χ0) is 35.9. The van der Waals surface area contributed by atoms with Gasteiger partial charge in [-0.3, -0.25) is 20.0 Å². The number of aromatic nitrogens is 1. The van der Waals surface area contributed by atoms with E-state index in [1.165, 1.54) is 25.6 Å². The van der Waals surface area contributed by atoms with Gasteiger partial charge in [0.2, 0.25) is 5.91 Å². The molecule has 0 saturated carbocycles. The monoisotopic (exact) mass is 696 g/mol. The highest BCUT2D eigenvalue weighted by atomic mass is 32.1. The lowest BCUT2D eigenvalue weighted by Gasteiger charge is -2.33. The smallest absolute Gasteiger partial charge is 0.407 e. The summed E-state index contributed by atoms with van der Waals surface area (Å²) in [6.07, 6.45) is -0.0234. The highest BCUT2D eigenvalue weighted by Crippen LogP contribution is 2.24. The summed E-state index contributed by atoms with van der Waals surface area (Å²) < 4.78 is 9.48. The third-order valence-electron chi connectivity index (χ3n) is 8.17. The number of thiazole rings is 1. The van der Waals surface area contributed by atoms with E-state index in [9.17, 15) is 24.3 Å². The first-order chi connectivity index (χ1) is 23.4. The Morgan fingerprint density at radius 1 is 0.857 bits per heavy atom. The lowest BCUT2D eigenvalue weighted by Crippen LogP contribution is -2.59. The zero-order valence-corrected chi connectivity index (χ0v) is 29.7. The van der Waals surface area contributed by atoms with Crippen molar-refractivity contribution in [1.29, 1.82) is 0 Å². The molecule has 0 bridgehead atoms. The summed E-state index contributed by atoms with van der Waals surface area (Å²) in [5.41, 5.74) is 7.36. The Balaban J connectivity index is 1.91. The van der Waals surface area contributed by atoms with E-state index in [0.29, 0.717) is 6.42 Å². The molecule has 266 valence electrons. The number of amides is 4. The van der Waals surface area contributed by atoms with Gasteiger partial charge in [0.25, 0.3) is 5.91 Å². The first-order valence-electron chi connectivity index (χ1n) is 16.2. The number of aliphatic hydroxyl groups is 1. The second-order valence-electron chi connectivity index (χ2n) is 12.1. The fourth-order valence-electron chi connectivity index (χ4n) is 5.11. The number of methoxy groups -OCH3 is 2. The van der Waals surface area contributed by atoms with E-state index in [1.54, 1.807) is 30.6 Å². The number of benzene rings is 2. The number of alkyl carbamates (subject to hydrolysis) is 2. The molecule has 0 saturated heterocycles. The van der Waals surface area contributed by atoms with Crippen molar-refractivity contribution in [1.82, 2.24) is 31.4 Å². The van der Waals surface area contributed by atoms with Crippen LogP contribution in [0.1, 0.15) is 45.2 Å².